The lowest BCUT2D eigenvalue weighted by molar-refractivity contribution is 0.779. The predicted molar refractivity (Wildman–Crippen MR) is 90.6 cm³/mol. The first kappa shape index (κ1) is 15.9. The minimum absolute atomic E-state index is 0.489. The highest BCUT2D eigenvalue weighted by molar-refractivity contribution is 5.57. The van der Waals surface area contributed by atoms with E-state index < -0.39 is 0 Å². The maximum atomic E-state index is 9.62. The third kappa shape index (κ3) is 2.67. The third-order valence-electron chi connectivity index (χ3n) is 4.06. The van der Waals surface area contributed by atoms with E-state index in [0.717, 1.165) is 35.6 Å². The van der Waals surface area contributed by atoms with E-state index in [9.17, 15) is 5.26 Å². The number of aromatic nitrogens is 5. The van der Waals surface area contributed by atoms with Crippen molar-refractivity contribution in [3.05, 3.63) is 47.0 Å². The number of hydrogen-bond acceptors (Lipinski definition) is 6. The van der Waals surface area contributed by atoms with Crippen molar-refractivity contribution in [2.24, 2.45) is 0 Å². The highest BCUT2D eigenvalue weighted by Crippen LogP contribution is 2.23. The van der Waals surface area contributed by atoms with Crippen molar-refractivity contribution in [3.63, 3.8) is 0 Å². The van der Waals surface area contributed by atoms with E-state index in [4.69, 9.17) is 0 Å². The topological polar surface area (TPSA) is 83.0 Å². The standard InChI is InChI=1S/C17H19N7/c1-4-12-13(10-18)17(22-19-14(12)5-2)23(3)11-16-21-20-15-8-6-7-9-24(15)16/h6-9H,4-5,11H2,1-3H3. The molecule has 0 aliphatic heterocycles. The first-order chi connectivity index (χ1) is 11.7. The second kappa shape index (κ2) is 6.62. The monoisotopic (exact) mass is 321 g/mol. The van der Waals surface area contributed by atoms with Crippen molar-refractivity contribution in [1.82, 2.24) is 24.8 Å². The van der Waals surface area contributed by atoms with Crippen LogP contribution < -0.4 is 4.90 Å². The number of aryl methyl sites for hydroxylation is 1. The van der Waals surface area contributed by atoms with Gasteiger partial charge in [0.1, 0.15) is 11.6 Å². The van der Waals surface area contributed by atoms with Crippen molar-refractivity contribution in [2.45, 2.75) is 33.2 Å². The van der Waals surface area contributed by atoms with Gasteiger partial charge >= 0.3 is 0 Å². The molecule has 0 saturated carbocycles. The fourth-order valence-electron chi connectivity index (χ4n) is 2.83. The Hall–Kier alpha value is -3.01. The van der Waals surface area contributed by atoms with Crippen LogP contribution in [0.3, 0.4) is 0 Å². The molecule has 7 heteroatoms. The molecule has 0 atom stereocenters. The van der Waals surface area contributed by atoms with Gasteiger partial charge in [0, 0.05) is 13.2 Å². The Bertz CT molecular complexity index is 907. The maximum absolute atomic E-state index is 9.62. The van der Waals surface area contributed by atoms with Crippen molar-refractivity contribution in [2.75, 3.05) is 11.9 Å². The van der Waals surface area contributed by atoms with Gasteiger partial charge in [0.2, 0.25) is 0 Å². The molecule has 3 rings (SSSR count). The lowest BCUT2D eigenvalue weighted by Gasteiger charge is -2.20. The Labute approximate surface area is 140 Å². The summed E-state index contributed by atoms with van der Waals surface area (Å²) in [5.41, 5.74) is 3.26. The molecule has 0 N–H and O–H groups in total. The van der Waals surface area contributed by atoms with Crippen LogP contribution in [0.25, 0.3) is 5.65 Å². The quantitative estimate of drug-likeness (QED) is 0.716. The molecule has 122 valence electrons. The fourth-order valence-corrected chi connectivity index (χ4v) is 2.83. The molecule has 3 aromatic heterocycles. The summed E-state index contributed by atoms with van der Waals surface area (Å²) in [4.78, 5) is 1.90. The minimum Gasteiger partial charge on any atom is -0.350 e. The molecule has 0 spiro atoms. The lowest BCUT2D eigenvalue weighted by atomic mass is 10.0. The van der Waals surface area contributed by atoms with E-state index in [0.29, 0.717) is 17.9 Å². The van der Waals surface area contributed by atoms with E-state index in [-0.39, 0.29) is 0 Å². The second-order valence-electron chi connectivity index (χ2n) is 5.54. The largest absolute Gasteiger partial charge is 0.350 e. The molecule has 0 fully saturated rings. The number of hydrogen-bond donors (Lipinski definition) is 0. The second-order valence-corrected chi connectivity index (χ2v) is 5.54. The Morgan fingerprint density at radius 2 is 1.96 bits per heavy atom. The van der Waals surface area contributed by atoms with Gasteiger partial charge in [-0.1, -0.05) is 19.9 Å². The van der Waals surface area contributed by atoms with Crippen LogP contribution in [0.15, 0.2) is 24.4 Å². The summed E-state index contributed by atoms with van der Waals surface area (Å²) in [6, 6.07) is 8.07. The lowest BCUT2D eigenvalue weighted by Crippen LogP contribution is -2.22. The average Bonchev–Trinajstić information content (AvgIpc) is 3.03. The van der Waals surface area contributed by atoms with Gasteiger partial charge in [0.15, 0.2) is 17.3 Å². The van der Waals surface area contributed by atoms with Crippen LogP contribution in [0.5, 0.6) is 0 Å². The summed E-state index contributed by atoms with van der Waals surface area (Å²) in [7, 11) is 1.89. The van der Waals surface area contributed by atoms with Gasteiger partial charge in [-0.25, -0.2) is 0 Å². The summed E-state index contributed by atoms with van der Waals surface area (Å²) >= 11 is 0. The maximum Gasteiger partial charge on any atom is 0.169 e. The highest BCUT2D eigenvalue weighted by atomic mass is 15.3. The zero-order valence-corrected chi connectivity index (χ0v) is 14.1. The Morgan fingerprint density at radius 3 is 2.67 bits per heavy atom. The van der Waals surface area contributed by atoms with Gasteiger partial charge in [-0.2, -0.15) is 10.4 Å². The summed E-state index contributed by atoms with van der Waals surface area (Å²) < 4.78 is 1.93. The zero-order valence-electron chi connectivity index (χ0n) is 14.1. The number of pyridine rings is 1. The fraction of sp³-hybridized carbons (Fsp3) is 0.353. The summed E-state index contributed by atoms with van der Waals surface area (Å²) in [5, 5.41) is 26.6. The minimum atomic E-state index is 0.489. The summed E-state index contributed by atoms with van der Waals surface area (Å²) in [6.45, 7) is 4.55. The normalized spacial score (nSPS) is 10.8. The van der Waals surface area contributed by atoms with E-state index >= 15 is 0 Å². The highest BCUT2D eigenvalue weighted by Gasteiger charge is 2.18. The van der Waals surface area contributed by atoms with Gasteiger partial charge in [-0.3, -0.25) is 4.40 Å². The SMILES string of the molecule is CCc1nnc(N(C)Cc2nnc3ccccn23)c(C#N)c1CC. The molecular weight excluding hydrogens is 302 g/mol. The molecule has 3 heterocycles. The first-order valence-electron chi connectivity index (χ1n) is 7.97. The van der Waals surface area contributed by atoms with Gasteiger partial charge in [0.25, 0.3) is 0 Å². The summed E-state index contributed by atoms with van der Waals surface area (Å²) in [6.07, 6.45) is 3.45. The molecule has 3 aromatic rings. The molecule has 0 unspecified atom stereocenters. The Morgan fingerprint density at radius 1 is 1.12 bits per heavy atom. The molecule has 0 aromatic carbocycles. The van der Waals surface area contributed by atoms with Gasteiger partial charge in [-0.05, 0) is 30.5 Å². The van der Waals surface area contributed by atoms with Crippen molar-refractivity contribution in [1.29, 1.82) is 5.26 Å². The number of nitriles is 1. The zero-order chi connectivity index (χ0) is 17.1. The molecule has 0 saturated heterocycles. The number of anilines is 1. The predicted octanol–water partition coefficient (Wildman–Crippen LogP) is 2.15. The third-order valence-corrected chi connectivity index (χ3v) is 4.06. The van der Waals surface area contributed by atoms with Crippen LogP contribution in [-0.4, -0.2) is 31.8 Å². The first-order valence-corrected chi connectivity index (χ1v) is 7.97. The van der Waals surface area contributed by atoms with Crippen LogP contribution in [-0.2, 0) is 19.4 Å². The van der Waals surface area contributed by atoms with Crippen LogP contribution in [0.2, 0.25) is 0 Å². The van der Waals surface area contributed by atoms with Gasteiger partial charge < -0.3 is 4.90 Å². The number of nitrogens with zero attached hydrogens (tertiary/aromatic N) is 7. The molecule has 0 aliphatic carbocycles. The Balaban J connectivity index is 1.98. The molecule has 24 heavy (non-hydrogen) atoms. The van der Waals surface area contributed by atoms with Crippen LogP contribution in [0.1, 0.15) is 36.5 Å². The number of fused-ring (bicyclic) bond motifs is 1. The molecule has 0 radical (unpaired) electrons. The molecule has 0 amide bonds. The van der Waals surface area contributed by atoms with Gasteiger partial charge in [-0.15, -0.1) is 15.3 Å². The van der Waals surface area contributed by atoms with E-state index in [1.165, 1.54) is 0 Å². The Kier molecular flexibility index (Phi) is 4.38. The average molecular weight is 321 g/mol. The number of rotatable bonds is 5. The van der Waals surface area contributed by atoms with E-state index in [1.54, 1.807) is 0 Å². The molecule has 7 nitrogen and oxygen atoms in total. The van der Waals surface area contributed by atoms with E-state index in [1.807, 2.05) is 54.6 Å². The molecule has 0 aliphatic rings. The van der Waals surface area contributed by atoms with Crippen molar-refractivity contribution >= 4 is 11.5 Å². The molecular formula is C17H19N7. The van der Waals surface area contributed by atoms with Crippen LogP contribution in [0, 0.1) is 11.3 Å². The van der Waals surface area contributed by atoms with Crippen molar-refractivity contribution in [3.8, 4) is 6.07 Å². The van der Waals surface area contributed by atoms with Crippen LogP contribution in [0.4, 0.5) is 5.82 Å². The molecule has 0 bridgehead atoms. The van der Waals surface area contributed by atoms with Crippen LogP contribution >= 0.6 is 0 Å². The van der Waals surface area contributed by atoms with E-state index in [2.05, 4.69) is 26.5 Å². The van der Waals surface area contributed by atoms with Crippen molar-refractivity contribution < 1.29 is 0 Å². The summed E-state index contributed by atoms with van der Waals surface area (Å²) in [5.74, 6) is 1.37. The smallest absolute Gasteiger partial charge is 0.169 e. The van der Waals surface area contributed by atoms with Gasteiger partial charge in [0.05, 0.1) is 12.2 Å².